The number of benzene rings is 1. The molecule has 5 heteroatoms. The summed E-state index contributed by atoms with van der Waals surface area (Å²) in [6, 6.07) is 7.36. The van der Waals surface area contributed by atoms with Crippen molar-refractivity contribution >= 4 is 5.97 Å². The molecule has 0 aliphatic carbocycles. The average molecular weight is 325 g/mol. The Morgan fingerprint density at radius 3 is 2.79 bits per heavy atom. The van der Waals surface area contributed by atoms with Gasteiger partial charge in [-0.3, -0.25) is 9.97 Å². The highest BCUT2D eigenvalue weighted by molar-refractivity contribution is 5.89. The van der Waals surface area contributed by atoms with E-state index in [0.29, 0.717) is 17.7 Å². The van der Waals surface area contributed by atoms with E-state index in [1.165, 1.54) is 6.42 Å². The summed E-state index contributed by atoms with van der Waals surface area (Å²) in [5.74, 6) is -0.509. The maximum atomic E-state index is 11.1. The number of hydrogen-bond acceptors (Lipinski definition) is 4. The highest BCUT2D eigenvalue weighted by Crippen LogP contribution is 2.27. The summed E-state index contributed by atoms with van der Waals surface area (Å²) in [4.78, 5) is 22.7. The van der Waals surface area contributed by atoms with Gasteiger partial charge in [0.15, 0.2) is 0 Å². The molecular weight excluding hydrogens is 302 g/mol. The molecule has 1 fully saturated rings. The maximum absolute atomic E-state index is 11.1. The first-order valence-corrected chi connectivity index (χ1v) is 8.44. The van der Waals surface area contributed by atoms with E-state index in [9.17, 15) is 4.79 Å². The number of aromatic carboxylic acids is 1. The van der Waals surface area contributed by atoms with E-state index in [1.54, 1.807) is 24.4 Å². The van der Waals surface area contributed by atoms with Crippen LogP contribution >= 0.6 is 0 Å². The number of rotatable bonds is 4. The van der Waals surface area contributed by atoms with Crippen molar-refractivity contribution in [1.82, 2.24) is 14.9 Å². The summed E-state index contributed by atoms with van der Waals surface area (Å²) in [6.07, 6.45) is 5.93. The molecule has 0 bridgehead atoms. The summed E-state index contributed by atoms with van der Waals surface area (Å²) < 4.78 is 0. The Bertz CT molecular complexity index is 713. The minimum Gasteiger partial charge on any atom is -0.478 e. The Labute approximate surface area is 142 Å². The van der Waals surface area contributed by atoms with Crippen LogP contribution in [0.2, 0.25) is 0 Å². The minimum absolute atomic E-state index is 0.262. The maximum Gasteiger partial charge on any atom is 0.335 e. The number of piperidine rings is 1. The summed E-state index contributed by atoms with van der Waals surface area (Å²) in [5.41, 5.74) is 2.77. The molecule has 24 heavy (non-hydrogen) atoms. The molecule has 1 N–H and O–H groups in total. The predicted molar refractivity (Wildman–Crippen MR) is 93.1 cm³/mol. The van der Waals surface area contributed by atoms with Gasteiger partial charge in [-0.1, -0.05) is 12.1 Å². The normalized spacial score (nSPS) is 18.7. The molecule has 5 nitrogen and oxygen atoms in total. The molecule has 3 rings (SSSR count). The third-order valence-corrected chi connectivity index (χ3v) is 4.68. The predicted octanol–water partition coefficient (Wildman–Crippen LogP) is 3.43. The fourth-order valence-electron chi connectivity index (χ4n) is 3.23. The highest BCUT2D eigenvalue weighted by atomic mass is 16.4. The molecule has 1 aliphatic heterocycles. The zero-order valence-electron chi connectivity index (χ0n) is 14.1. The number of carboxylic acid groups (broad SMARTS) is 1. The van der Waals surface area contributed by atoms with Crippen molar-refractivity contribution in [3.63, 3.8) is 0 Å². The van der Waals surface area contributed by atoms with Gasteiger partial charge in [-0.2, -0.15) is 0 Å². The van der Waals surface area contributed by atoms with Crippen LogP contribution < -0.4 is 0 Å². The third-order valence-electron chi connectivity index (χ3n) is 4.68. The minimum atomic E-state index is -0.933. The van der Waals surface area contributed by atoms with E-state index in [2.05, 4.69) is 28.7 Å². The SMILES string of the molecule is CC(C)N1CCCC(c2cnc(-c3cccc(C(=O)O)c3)cn2)C1. The molecule has 1 aromatic heterocycles. The van der Waals surface area contributed by atoms with Gasteiger partial charge in [0.2, 0.25) is 0 Å². The number of nitrogens with zero attached hydrogens (tertiary/aromatic N) is 3. The van der Waals surface area contributed by atoms with Crippen LogP contribution in [0.15, 0.2) is 36.7 Å². The largest absolute Gasteiger partial charge is 0.478 e. The first-order chi connectivity index (χ1) is 11.5. The molecule has 1 unspecified atom stereocenters. The van der Waals surface area contributed by atoms with Crippen LogP contribution in [0.4, 0.5) is 0 Å². The summed E-state index contributed by atoms with van der Waals surface area (Å²) >= 11 is 0. The molecule has 2 aromatic rings. The van der Waals surface area contributed by atoms with Gasteiger partial charge in [0, 0.05) is 30.3 Å². The van der Waals surface area contributed by atoms with Crippen molar-refractivity contribution < 1.29 is 9.90 Å². The monoisotopic (exact) mass is 325 g/mol. The smallest absolute Gasteiger partial charge is 0.335 e. The lowest BCUT2D eigenvalue weighted by molar-refractivity contribution is 0.0697. The van der Waals surface area contributed by atoms with Gasteiger partial charge in [0.1, 0.15) is 0 Å². The standard InChI is InChI=1S/C19H23N3O2/c1-13(2)22-8-4-7-16(12-22)18-11-20-17(10-21-18)14-5-3-6-15(9-14)19(23)24/h3,5-6,9-11,13,16H,4,7-8,12H2,1-2H3,(H,23,24). The van der Waals surface area contributed by atoms with Crippen LogP contribution in [0.3, 0.4) is 0 Å². The molecule has 0 saturated carbocycles. The molecule has 0 radical (unpaired) electrons. The molecule has 1 atom stereocenters. The number of aromatic nitrogens is 2. The lowest BCUT2D eigenvalue weighted by Gasteiger charge is -2.35. The van der Waals surface area contributed by atoms with Crippen LogP contribution in [-0.4, -0.2) is 45.1 Å². The molecule has 1 aromatic carbocycles. The van der Waals surface area contributed by atoms with Gasteiger partial charge in [-0.25, -0.2) is 4.79 Å². The van der Waals surface area contributed by atoms with Crippen LogP contribution in [0.25, 0.3) is 11.3 Å². The fourth-order valence-corrected chi connectivity index (χ4v) is 3.23. The highest BCUT2D eigenvalue weighted by Gasteiger charge is 2.24. The van der Waals surface area contributed by atoms with Crippen LogP contribution in [-0.2, 0) is 0 Å². The quantitative estimate of drug-likeness (QED) is 0.933. The Morgan fingerprint density at radius 2 is 2.12 bits per heavy atom. The molecular formula is C19H23N3O2. The van der Waals surface area contributed by atoms with Gasteiger partial charge in [0.25, 0.3) is 0 Å². The van der Waals surface area contributed by atoms with E-state index in [4.69, 9.17) is 5.11 Å². The number of carboxylic acids is 1. The number of hydrogen-bond donors (Lipinski definition) is 1. The van der Waals surface area contributed by atoms with Gasteiger partial charge in [-0.05, 0) is 45.4 Å². The summed E-state index contributed by atoms with van der Waals surface area (Å²) in [6.45, 7) is 6.64. The summed E-state index contributed by atoms with van der Waals surface area (Å²) in [5, 5.41) is 9.10. The first kappa shape index (κ1) is 16.6. The lowest BCUT2D eigenvalue weighted by atomic mass is 9.94. The molecule has 1 saturated heterocycles. The Kier molecular flexibility index (Phi) is 4.90. The van der Waals surface area contributed by atoms with Gasteiger partial charge >= 0.3 is 5.97 Å². The molecule has 0 spiro atoms. The molecule has 126 valence electrons. The van der Waals surface area contributed by atoms with Crippen molar-refractivity contribution in [3.05, 3.63) is 47.9 Å². The first-order valence-electron chi connectivity index (χ1n) is 8.44. The molecule has 0 amide bonds. The van der Waals surface area contributed by atoms with Crippen molar-refractivity contribution in [2.75, 3.05) is 13.1 Å². The van der Waals surface area contributed by atoms with Gasteiger partial charge in [0.05, 0.1) is 23.1 Å². The number of carbonyl (C=O) groups is 1. The zero-order chi connectivity index (χ0) is 17.1. The van der Waals surface area contributed by atoms with Crippen molar-refractivity contribution in [2.45, 2.75) is 38.6 Å². The second-order valence-electron chi connectivity index (χ2n) is 6.64. The zero-order valence-corrected chi connectivity index (χ0v) is 14.1. The van der Waals surface area contributed by atoms with Gasteiger partial charge in [-0.15, -0.1) is 0 Å². The Balaban J connectivity index is 1.78. The van der Waals surface area contributed by atoms with Crippen molar-refractivity contribution in [1.29, 1.82) is 0 Å². The fraction of sp³-hybridized carbons (Fsp3) is 0.421. The van der Waals surface area contributed by atoms with Crippen molar-refractivity contribution in [2.24, 2.45) is 0 Å². The van der Waals surface area contributed by atoms with E-state index >= 15 is 0 Å². The van der Waals surface area contributed by atoms with Crippen LogP contribution in [0.5, 0.6) is 0 Å². The Morgan fingerprint density at radius 1 is 1.29 bits per heavy atom. The lowest BCUT2D eigenvalue weighted by Crippen LogP contribution is -2.39. The second kappa shape index (κ2) is 7.09. The van der Waals surface area contributed by atoms with Gasteiger partial charge < -0.3 is 10.0 Å². The molecule has 1 aliphatic rings. The topological polar surface area (TPSA) is 66.3 Å². The van der Waals surface area contributed by atoms with E-state index < -0.39 is 5.97 Å². The van der Waals surface area contributed by atoms with Crippen LogP contribution in [0.1, 0.15) is 48.7 Å². The van der Waals surface area contributed by atoms with E-state index in [1.807, 2.05) is 12.3 Å². The average Bonchev–Trinajstić information content (AvgIpc) is 2.62. The summed E-state index contributed by atoms with van der Waals surface area (Å²) in [7, 11) is 0. The molecule has 2 heterocycles. The van der Waals surface area contributed by atoms with Crippen LogP contribution in [0, 0.1) is 0 Å². The van der Waals surface area contributed by atoms with E-state index in [0.717, 1.165) is 30.8 Å². The third kappa shape index (κ3) is 3.62. The number of likely N-dealkylation sites (tertiary alicyclic amines) is 1. The second-order valence-corrected chi connectivity index (χ2v) is 6.64. The Hall–Kier alpha value is -2.27. The van der Waals surface area contributed by atoms with E-state index in [-0.39, 0.29) is 5.56 Å². The van der Waals surface area contributed by atoms with Crippen molar-refractivity contribution in [3.8, 4) is 11.3 Å².